The van der Waals surface area contributed by atoms with Gasteiger partial charge in [-0.2, -0.15) is 0 Å². The van der Waals surface area contributed by atoms with E-state index in [9.17, 15) is 5.11 Å². The number of benzene rings is 1. The molecule has 0 bridgehead atoms. The molecule has 0 aliphatic carbocycles. The minimum Gasteiger partial charge on any atom is -0.396 e. The molecule has 3 nitrogen and oxygen atoms in total. The minimum atomic E-state index is 0.268. The van der Waals surface area contributed by atoms with E-state index in [1.165, 1.54) is 0 Å². The van der Waals surface area contributed by atoms with Crippen LogP contribution in [0.3, 0.4) is 0 Å². The van der Waals surface area contributed by atoms with Gasteiger partial charge in [0.15, 0.2) is 0 Å². The van der Waals surface area contributed by atoms with Gasteiger partial charge in [0.25, 0.3) is 0 Å². The molecular formula is C14H19ClN2OS. The average Bonchev–Trinajstić information content (AvgIpc) is 2.41. The Morgan fingerprint density at radius 2 is 2.32 bits per heavy atom. The van der Waals surface area contributed by atoms with Gasteiger partial charge in [0, 0.05) is 30.3 Å². The van der Waals surface area contributed by atoms with E-state index in [0.29, 0.717) is 15.9 Å². The van der Waals surface area contributed by atoms with Crippen molar-refractivity contribution in [2.75, 3.05) is 19.7 Å². The molecule has 1 fully saturated rings. The predicted molar refractivity (Wildman–Crippen MR) is 82.4 cm³/mol. The van der Waals surface area contributed by atoms with E-state index in [0.717, 1.165) is 43.6 Å². The quantitative estimate of drug-likeness (QED) is 0.837. The molecule has 1 saturated heterocycles. The molecule has 0 amide bonds. The first-order valence-corrected chi connectivity index (χ1v) is 7.30. The van der Waals surface area contributed by atoms with Crippen LogP contribution in [0.1, 0.15) is 24.0 Å². The van der Waals surface area contributed by atoms with E-state index in [1.54, 1.807) is 0 Å². The van der Waals surface area contributed by atoms with Crippen LogP contribution >= 0.6 is 23.8 Å². The van der Waals surface area contributed by atoms with Crippen LogP contribution in [-0.4, -0.2) is 34.7 Å². The third kappa shape index (κ3) is 3.89. The standard InChI is InChI=1S/C14H19ClN2OS/c15-13-6-11(14(16)19)3-4-12(13)8-17-5-1-2-10(7-17)9-18/h3-4,6,10,18H,1-2,5,7-9H2,(H2,16,19). The Labute approximate surface area is 124 Å². The molecular weight excluding hydrogens is 280 g/mol. The first-order valence-electron chi connectivity index (χ1n) is 6.51. The highest BCUT2D eigenvalue weighted by Gasteiger charge is 2.19. The van der Waals surface area contributed by atoms with Crippen LogP contribution in [0.15, 0.2) is 18.2 Å². The summed E-state index contributed by atoms with van der Waals surface area (Å²) in [6, 6.07) is 5.73. The van der Waals surface area contributed by atoms with Gasteiger partial charge in [-0.15, -0.1) is 0 Å². The van der Waals surface area contributed by atoms with Crippen molar-refractivity contribution in [2.45, 2.75) is 19.4 Å². The van der Waals surface area contributed by atoms with Gasteiger partial charge in [-0.25, -0.2) is 0 Å². The summed E-state index contributed by atoms with van der Waals surface area (Å²) in [5.74, 6) is 0.392. The number of hydrogen-bond acceptors (Lipinski definition) is 3. The lowest BCUT2D eigenvalue weighted by atomic mass is 9.98. The molecule has 0 saturated carbocycles. The van der Waals surface area contributed by atoms with Crippen molar-refractivity contribution in [3.63, 3.8) is 0 Å². The Morgan fingerprint density at radius 3 is 2.95 bits per heavy atom. The van der Waals surface area contributed by atoms with Gasteiger partial charge in [0.1, 0.15) is 4.99 Å². The number of hydrogen-bond donors (Lipinski definition) is 2. The number of thiocarbonyl (C=S) groups is 1. The first kappa shape index (κ1) is 14.7. The highest BCUT2D eigenvalue weighted by atomic mass is 35.5. The van der Waals surface area contributed by atoms with Gasteiger partial charge in [-0.05, 0) is 36.9 Å². The lowest BCUT2D eigenvalue weighted by molar-refractivity contribution is 0.116. The van der Waals surface area contributed by atoms with E-state index < -0.39 is 0 Å². The average molecular weight is 299 g/mol. The summed E-state index contributed by atoms with van der Waals surface area (Å²) in [5, 5.41) is 9.95. The molecule has 1 atom stereocenters. The van der Waals surface area contributed by atoms with Crippen LogP contribution in [0, 0.1) is 5.92 Å². The monoisotopic (exact) mass is 298 g/mol. The van der Waals surface area contributed by atoms with Crippen LogP contribution in [0.5, 0.6) is 0 Å². The maximum Gasteiger partial charge on any atom is 0.104 e. The number of piperidine rings is 1. The molecule has 1 aromatic rings. The van der Waals surface area contributed by atoms with Crippen molar-refractivity contribution in [1.82, 2.24) is 4.90 Å². The second-order valence-corrected chi connectivity index (χ2v) is 5.94. The summed E-state index contributed by atoms with van der Waals surface area (Å²) >= 11 is 11.2. The number of likely N-dealkylation sites (tertiary alicyclic amines) is 1. The summed E-state index contributed by atoms with van der Waals surface area (Å²) in [6.45, 7) is 3.07. The Hall–Kier alpha value is -0.680. The zero-order valence-corrected chi connectivity index (χ0v) is 12.4. The molecule has 0 aromatic heterocycles. The minimum absolute atomic E-state index is 0.268. The summed E-state index contributed by atoms with van der Waals surface area (Å²) in [6.07, 6.45) is 2.24. The Kier molecular flexibility index (Phi) is 5.16. The Bertz CT molecular complexity index is 467. The maximum atomic E-state index is 9.25. The molecule has 2 rings (SSSR count). The number of nitrogens with zero attached hydrogens (tertiary/aromatic N) is 1. The number of halogens is 1. The second kappa shape index (κ2) is 6.66. The van der Waals surface area contributed by atoms with Crippen molar-refractivity contribution in [3.05, 3.63) is 34.3 Å². The zero-order chi connectivity index (χ0) is 13.8. The number of nitrogens with two attached hydrogens (primary N) is 1. The second-order valence-electron chi connectivity index (χ2n) is 5.10. The molecule has 0 spiro atoms. The summed E-state index contributed by atoms with van der Waals surface area (Å²) < 4.78 is 0. The predicted octanol–water partition coefficient (Wildman–Crippen LogP) is 2.18. The SMILES string of the molecule is NC(=S)c1ccc(CN2CCCC(CO)C2)c(Cl)c1. The van der Waals surface area contributed by atoms with Gasteiger partial charge in [-0.1, -0.05) is 36.0 Å². The number of aliphatic hydroxyl groups is 1. The highest BCUT2D eigenvalue weighted by molar-refractivity contribution is 7.80. The van der Waals surface area contributed by atoms with Crippen LogP contribution in [0.25, 0.3) is 0 Å². The normalized spacial score (nSPS) is 20.4. The molecule has 0 radical (unpaired) electrons. The van der Waals surface area contributed by atoms with Crippen LogP contribution < -0.4 is 5.73 Å². The Balaban J connectivity index is 2.04. The molecule has 3 N–H and O–H groups in total. The van der Waals surface area contributed by atoms with Gasteiger partial charge >= 0.3 is 0 Å². The van der Waals surface area contributed by atoms with E-state index in [2.05, 4.69) is 4.90 Å². The van der Waals surface area contributed by atoms with E-state index >= 15 is 0 Å². The molecule has 1 aliphatic rings. The van der Waals surface area contributed by atoms with Crippen LogP contribution in [-0.2, 0) is 6.54 Å². The smallest absolute Gasteiger partial charge is 0.104 e. The fourth-order valence-electron chi connectivity index (χ4n) is 2.51. The lowest BCUT2D eigenvalue weighted by Crippen LogP contribution is -2.36. The number of aliphatic hydroxyl groups excluding tert-OH is 1. The molecule has 1 aromatic carbocycles. The van der Waals surface area contributed by atoms with Crippen LogP contribution in [0.2, 0.25) is 5.02 Å². The van der Waals surface area contributed by atoms with Crippen LogP contribution in [0.4, 0.5) is 0 Å². The van der Waals surface area contributed by atoms with E-state index in [1.807, 2.05) is 18.2 Å². The lowest BCUT2D eigenvalue weighted by Gasteiger charge is -2.32. The fraction of sp³-hybridized carbons (Fsp3) is 0.500. The van der Waals surface area contributed by atoms with Gasteiger partial charge < -0.3 is 10.8 Å². The van der Waals surface area contributed by atoms with Crippen molar-refractivity contribution >= 4 is 28.8 Å². The van der Waals surface area contributed by atoms with Gasteiger partial charge in [0.05, 0.1) is 0 Å². The fourth-order valence-corrected chi connectivity index (χ4v) is 2.88. The largest absolute Gasteiger partial charge is 0.396 e. The molecule has 1 heterocycles. The van der Waals surface area contributed by atoms with Crippen molar-refractivity contribution < 1.29 is 5.11 Å². The molecule has 1 unspecified atom stereocenters. The molecule has 1 aliphatic heterocycles. The highest BCUT2D eigenvalue weighted by Crippen LogP contribution is 2.23. The third-order valence-electron chi connectivity index (χ3n) is 3.59. The molecule has 5 heteroatoms. The van der Waals surface area contributed by atoms with E-state index in [4.69, 9.17) is 29.6 Å². The third-order valence-corrected chi connectivity index (χ3v) is 4.18. The Morgan fingerprint density at radius 1 is 1.53 bits per heavy atom. The first-order chi connectivity index (χ1) is 9.10. The zero-order valence-electron chi connectivity index (χ0n) is 10.8. The van der Waals surface area contributed by atoms with Crippen molar-refractivity contribution in [1.29, 1.82) is 0 Å². The molecule has 104 valence electrons. The summed E-state index contributed by atoms with van der Waals surface area (Å²) in [5.41, 5.74) is 7.47. The summed E-state index contributed by atoms with van der Waals surface area (Å²) in [7, 11) is 0. The topological polar surface area (TPSA) is 49.5 Å². The van der Waals surface area contributed by atoms with Gasteiger partial charge in [0.2, 0.25) is 0 Å². The number of rotatable bonds is 4. The van der Waals surface area contributed by atoms with Crippen molar-refractivity contribution in [3.8, 4) is 0 Å². The van der Waals surface area contributed by atoms with E-state index in [-0.39, 0.29) is 6.61 Å². The summed E-state index contributed by atoms with van der Waals surface area (Å²) in [4.78, 5) is 2.71. The maximum absolute atomic E-state index is 9.25. The van der Waals surface area contributed by atoms with Crippen molar-refractivity contribution in [2.24, 2.45) is 11.7 Å². The van der Waals surface area contributed by atoms with Gasteiger partial charge in [-0.3, -0.25) is 4.90 Å². The molecule has 19 heavy (non-hydrogen) atoms.